The van der Waals surface area contributed by atoms with Gasteiger partial charge in [0, 0.05) is 18.5 Å². The van der Waals surface area contributed by atoms with Gasteiger partial charge in [0.05, 0.1) is 17.2 Å². The van der Waals surface area contributed by atoms with Crippen molar-refractivity contribution in [1.82, 2.24) is 15.6 Å². The highest BCUT2D eigenvalue weighted by molar-refractivity contribution is 7.09. The van der Waals surface area contributed by atoms with Crippen molar-refractivity contribution in [3.05, 3.63) is 16.1 Å². The molecule has 1 saturated carbocycles. The van der Waals surface area contributed by atoms with Gasteiger partial charge in [-0.25, -0.2) is 4.98 Å². The van der Waals surface area contributed by atoms with E-state index in [0.717, 1.165) is 24.6 Å². The van der Waals surface area contributed by atoms with Crippen LogP contribution in [0.4, 0.5) is 0 Å². The molecule has 1 aliphatic rings. The molecule has 0 aliphatic heterocycles. The average molecular weight is 308 g/mol. The van der Waals surface area contributed by atoms with Crippen LogP contribution in [0.3, 0.4) is 0 Å². The second-order valence-corrected chi connectivity index (χ2v) is 7.54. The summed E-state index contributed by atoms with van der Waals surface area (Å²) in [5, 5.41) is 10.2. The first-order chi connectivity index (χ1) is 10.0. The third-order valence-electron chi connectivity index (χ3n) is 4.24. The van der Waals surface area contributed by atoms with Crippen LogP contribution < -0.4 is 10.6 Å². The summed E-state index contributed by atoms with van der Waals surface area (Å²) in [5.41, 5.74) is 1.61. The Labute approximate surface area is 132 Å². The minimum atomic E-state index is 0.506. The van der Waals surface area contributed by atoms with Gasteiger partial charge in [-0.1, -0.05) is 20.8 Å². The van der Waals surface area contributed by atoms with Gasteiger partial charge in [0.15, 0.2) is 5.96 Å². The van der Waals surface area contributed by atoms with E-state index in [9.17, 15) is 0 Å². The van der Waals surface area contributed by atoms with Crippen LogP contribution in [0.25, 0.3) is 0 Å². The van der Waals surface area contributed by atoms with Gasteiger partial charge in [0.1, 0.15) is 0 Å². The van der Waals surface area contributed by atoms with Gasteiger partial charge in [0.2, 0.25) is 0 Å². The van der Waals surface area contributed by atoms with E-state index in [0.29, 0.717) is 11.5 Å². The molecule has 0 bridgehead atoms. The molecule has 1 aromatic rings. The topological polar surface area (TPSA) is 49.3 Å². The summed E-state index contributed by atoms with van der Waals surface area (Å²) in [6.07, 6.45) is 6.03. The molecule has 0 saturated heterocycles. The molecule has 0 atom stereocenters. The number of hydrogen-bond donors (Lipinski definition) is 2. The SMILES string of the molecule is CCc1nc(CNC(=NC)NC2CCC(C)(C)CC2)cs1. The van der Waals surface area contributed by atoms with Crippen LogP contribution in [-0.2, 0) is 13.0 Å². The zero-order chi connectivity index (χ0) is 15.3. The van der Waals surface area contributed by atoms with Crippen molar-refractivity contribution in [2.75, 3.05) is 7.05 Å². The summed E-state index contributed by atoms with van der Waals surface area (Å²) >= 11 is 1.73. The Bertz CT molecular complexity index is 468. The molecule has 0 amide bonds. The molecule has 1 heterocycles. The number of guanidine groups is 1. The van der Waals surface area contributed by atoms with Crippen LogP contribution >= 0.6 is 11.3 Å². The molecule has 0 spiro atoms. The molecule has 0 radical (unpaired) electrons. The molecule has 118 valence electrons. The fourth-order valence-corrected chi connectivity index (χ4v) is 3.44. The van der Waals surface area contributed by atoms with E-state index in [2.05, 4.69) is 46.8 Å². The third-order valence-corrected chi connectivity index (χ3v) is 5.28. The second kappa shape index (κ2) is 7.25. The standard InChI is InChI=1S/C16H28N4S/c1-5-14-19-13(11-21-14)10-18-15(17-4)20-12-6-8-16(2,3)9-7-12/h11-12H,5-10H2,1-4H3,(H2,17,18,20). The molecule has 1 fully saturated rings. The second-order valence-electron chi connectivity index (χ2n) is 6.59. The van der Waals surface area contributed by atoms with Crippen LogP contribution in [0.1, 0.15) is 57.2 Å². The van der Waals surface area contributed by atoms with E-state index >= 15 is 0 Å². The number of rotatable bonds is 4. The minimum Gasteiger partial charge on any atom is -0.354 e. The number of aliphatic imine (C=N–C) groups is 1. The fraction of sp³-hybridized carbons (Fsp3) is 0.750. The summed E-state index contributed by atoms with van der Waals surface area (Å²) in [6.45, 7) is 7.61. The van der Waals surface area contributed by atoms with E-state index in [4.69, 9.17) is 0 Å². The van der Waals surface area contributed by atoms with Crippen molar-refractivity contribution >= 4 is 17.3 Å². The lowest BCUT2D eigenvalue weighted by Crippen LogP contribution is -2.45. The molecule has 5 heteroatoms. The van der Waals surface area contributed by atoms with Crippen LogP contribution in [0.2, 0.25) is 0 Å². The van der Waals surface area contributed by atoms with Crippen LogP contribution in [0, 0.1) is 5.41 Å². The summed E-state index contributed by atoms with van der Waals surface area (Å²) in [4.78, 5) is 8.90. The van der Waals surface area contributed by atoms with Gasteiger partial charge in [0.25, 0.3) is 0 Å². The van der Waals surface area contributed by atoms with Crippen LogP contribution in [0.5, 0.6) is 0 Å². The maximum absolute atomic E-state index is 4.57. The summed E-state index contributed by atoms with van der Waals surface area (Å²) in [6, 6.07) is 0.547. The molecule has 0 aromatic carbocycles. The fourth-order valence-electron chi connectivity index (χ4n) is 2.70. The predicted octanol–water partition coefficient (Wildman–Crippen LogP) is 3.34. The summed E-state index contributed by atoms with van der Waals surface area (Å²) in [5.74, 6) is 0.894. The summed E-state index contributed by atoms with van der Waals surface area (Å²) < 4.78 is 0. The molecule has 2 N–H and O–H groups in total. The van der Waals surface area contributed by atoms with Crippen molar-refractivity contribution in [2.24, 2.45) is 10.4 Å². The highest BCUT2D eigenvalue weighted by atomic mass is 32.1. The zero-order valence-corrected chi connectivity index (χ0v) is 14.5. The van der Waals surface area contributed by atoms with Crippen molar-refractivity contribution in [1.29, 1.82) is 0 Å². The van der Waals surface area contributed by atoms with Crippen molar-refractivity contribution < 1.29 is 0 Å². The molecule has 2 rings (SSSR count). The number of aromatic nitrogens is 1. The maximum Gasteiger partial charge on any atom is 0.191 e. The van der Waals surface area contributed by atoms with Crippen LogP contribution in [-0.4, -0.2) is 24.0 Å². The van der Waals surface area contributed by atoms with E-state index in [-0.39, 0.29) is 0 Å². The lowest BCUT2D eigenvalue weighted by atomic mass is 9.75. The van der Waals surface area contributed by atoms with Gasteiger partial charge in [-0.3, -0.25) is 4.99 Å². The number of nitrogens with one attached hydrogen (secondary N) is 2. The number of nitrogens with zero attached hydrogens (tertiary/aromatic N) is 2. The molecule has 21 heavy (non-hydrogen) atoms. The molecule has 1 aromatic heterocycles. The third kappa shape index (κ3) is 4.99. The lowest BCUT2D eigenvalue weighted by Gasteiger charge is -2.35. The van der Waals surface area contributed by atoms with Crippen LogP contribution in [0.15, 0.2) is 10.4 Å². The molecular weight excluding hydrogens is 280 g/mol. The zero-order valence-electron chi connectivity index (χ0n) is 13.7. The normalized spacial score (nSPS) is 19.5. The first kappa shape index (κ1) is 16.3. The first-order valence-corrected chi connectivity index (χ1v) is 8.81. The Balaban J connectivity index is 1.78. The number of hydrogen-bond acceptors (Lipinski definition) is 3. The monoisotopic (exact) mass is 308 g/mol. The lowest BCUT2D eigenvalue weighted by molar-refractivity contribution is 0.216. The Morgan fingerprint density at radius 2 is 2.14 bits per heavy atom. The van der Waals surface area contributed by atoms with Crippen molar-refractivity contribution in [3.8, 4) is 0 Å². The van der Waals surface area contributed by atoms with E-state index < -0.39 is 0 Å². The average Bonchev–Trinajstić information content (AvgIpc) is 2.93. The molecule has 0 unspecified atom stereocenters. The van der Waals surface area contributed by atoms with Crippen molar-refractivity contribution in [3.63, 3.8) is 0 Å². The maximum atomic E-state index is 4.57. The Morgan fingerprint density at radius 1 is 1.43 bits per heavy atom. The highest BCUT2D eigenvalue weighted by Gasteiger charge is 2.27. The van der Waals surface area contributed by atoms with E-state index in [1.807, 2.05) is 7.05 Å². The largest absolute Gasteiger partial charge is 0.354 e. The minimum absolute atomic E-state index is 0.506. The molecular formula is C16H28N4S. The van der Waals surface area contributed by atoms with Gasteiger partial charge in [-0.2, -0.15) is 0 Å². The van der Waals surface area contributed by atoms with Gasteiger partial charge < -0.3 is 10.6 Å². The van der Waals surface area contributed by atoms with E-state index in [1.54, 1.807) is 11.3 Å². The Hall–Kier alpha value is -1.10. The number of thiazole rings is 1. The smallest absolute Gasteiger partial charge is 0.191 e. The Kier molecular flexibility index (Phi) is 5.62. The van der Waals surface area contributed by atoms with E-state index in [1.165, 1.54) is 30.7 Å². The highest BCUT2D eigenvalue weighted by Crippen LogP contribution is 2.34. The van der Waals surface area contributed by atoms with Gasteiger partial charge in [-0.15, -0.1) is 11.3 Å². The summed E-state index contributed by atoms with van der Waals surface area (Å²) in [7, 11) is 1.83. The quantitative estimate of drug-likeness (QED) is 0.662. The first-order valence-electron chi connectivity index (χ1n) is 7.93. The number of aryl methyl sites for hydroxylation is 1. The predicted molar refractivity (Wildman–Crippen MR) is 90.9 cm³/mol. The Morgan fingerprint density at radius 3 is 2.71 bits per heavy atom. The molecule has 4 nitrogen and oxygen atoms in total. The van der Waals surface area contributed by atoms with Gasteiger partial charge in [-0.05, 0) is 37.5 Å². The van der Waals surface area contributed by atoms with Gasteiger partial charge >= 0.3 is 0 Å². The molecule has 1 aliphatic carbocycles. The van der Waals surface area contributed by atoms with Crippen molar-refractivity contribution in [2.45, 2.75) is 65.5 Å².